The van der Waals surface area contributed by atoms with Crippen molar-refractivity contribution in [1.82, 2.24) is 10.3 Å². The van der Waals surface area contributed by atoms with Crippen molar-refractivity contribution in [3.05, 3.63) is 29.7 Å². The molecule has 1 heterocycles. The highest BCUT2D eigenvalue weighted by molar-refractivity contribution is 5.77. The second-order valence-corrected chi connectivity index (χ2v) is 4.93. The van der Waals surface area contributed by atoms with Crippen LogP contribution < -0.4 is 11.1 Å². The van der Waals surface area contributed by atoms with Gasteiger partial charge in [-0.15, -0.1) is 0 Å². The van der Waals surface area contributed by atoms with Crippen LogP contribution in [0.5, 0.6) is 0 Å². The molecule has 2 rings (SSSR count). The number of amides is 1. The zero-order chi connectivity index (χ0) is 15.2. The molecule has 1 aromatic heterocycles. The molecule has 0 radical (unpaired) electrons. The van der Waals surface area contributed by atoms with Crippen molar-refractivity contribution in [2.45, 2.75) is 25.9 Å². The van der Waals surface area contributed by atoms with Crippen molar-refractivity contribution < 1.29 is 13.9 Å². The van der Waals surface area contributed by atoms with Gasteiger partial charge in [0.05, 0.1) is 12.5 Å². The summed E-state index contributed by atoms with van der Waals surface area (Å²) in [5, 5.41) is 2.81. The lowest BCUT2D eigenvalue weighted by atomic mass is 10.2. The Bertz CT molecular complexity index is 605. The van der Waals surface area contributed by atoms with Gasteiger partial charge in [-0.25, -0.2) is 4.98 Å². The Morgan fingerprint density at radius 1 is 1.52 bits per heavy atom. The minimum Gasteiger partial charge on any atom is -0.441 e. The molecule has 114 valence electrons. The monoisotopic (exact) mass is 291 g/mol. The number of hydrogen-bond acceptors (Lipinski definition) is 5. The van der Waals surface area contributed by atoms with Crippen molar-refractivity contribution in [2.24, 2.45) is 5.73 Å². The summed E-state index contributed by atoms with van der Waals surface area (Å²) in [5.41, 5.74) is 8.21. The highest BCUT2D eigenvalue weighted by atomic mass is 16.5. The van der Waals surface area contributed by atoms with Gasteiger partial charge in [0, 0.05) is 26.6 Å². The van der Waals surface area contributed by atoms with Gasteiger partial charge in [0.2, 0.25) is 5.91 Å². The van der Waals surface area contributed by atoms with E-state index in [0.717, 1.165) is 16.7 Å². The topological polar surface area (TPSA) is 90.4 Å². The molecular formula is C15H21N3O3. The molecule has 6 nitrogen and oxygen atoms in total. The predicted molar refractivity (Wildman–Crippen MR) is 79.9 cm³/mol. The molecule has 6 heteroatoms. The van der Waals surface area contributed by atoms with Gasteiger partial charge in [0.15, 0.2) is 11.5 Å². The van der Waals surface area contributed by atoms with E-state index in [2.05, 4.69) is 10.3 Å². The smallest absolute Gasteiger partial charge is 0.222 e. The maximum atomic E-state index is 11.7. The number of benzene rings is 1. The Labute approximate surface area is 123 Å². The van der Waals surface area contributed by atoms with E-state index in [1.807, 2.05) is 25.1 Å². The van der Waals surface area contributed by atoms with Crippen LogP contribution in [0.4, 0.5) is 0 Å². The van der Waals surface area contributed by atoms with Gasteiger partial charge >= 0.3 is 0 Å². The Balaban J connectivity index is 1.85. The van der Waals surface area contributed by atoms with Crippen LogP contribution in [0.1, 0.15) is 17.9 Å². The number of carbonyl (C=O) groups excluding carboxylic acids is 1. The Morgan fingerprint density at radius 2 is 2.33 bits per heavy atom. The lowest BCUT2D eigenvalue weighted by Crippen LogP contribution is -2.33. The third-order valence-corrected chi connectivity index (χ3v) is 3.34. The van der Waals surface area contributed by atoms with E-state index in [0.29, 0.717) is 25.4 Å². The predicted octanol–water partition coefficient (Wildman–Crippen LogP) is 1.16. The van der Waals surface area contributed by atoms with Crippen molar-refractivity contribution >= 4 is 17.0 Å². The van der Waals surface area contributed by atoms with Crippen LogP contribution in [0.2, 0.25) is 0 Å². The first-order chi connectivity index (χ1) is 10.1. The summed E-state index contributed by atoms with van der Waals surface area (Å²) in [7, 11) is 1.55. The summed E-state index contributed by atoms with van der Waals surface area (Å²) in [5.74, 6) is 0.543. The third-order valence-electron chi connectivity index (χ3n) is 3.34. The van der Waals surface area contributed by atoms with E-state index in [9.17, 15) is 4.79 Å². The Kier molecular flexibility index (Phi) is 5.30. The number of methoxy groups -OCH3 is 1. The van der Waals surface area contributed by atoms with Gasteiger partial charge in [-0.3, -0.25) is 4.79 Å². The van der Waals surface area contributed by atoms with E-state index in [4.69, 9.17) is 14.9 Å². The molecule has 0 fully saturated rings. The Morgan fingerprint density at radius 3 is 3.00 bits per heavy atom. The van der Waals surface area contributed by atoms with Gasteiger partial charge in [-0.1, -0.05) is 12.1 Å². The number of aryl methyl sites for hydroxylation is 1. The molecule has 0 spiro atoms. The molecule has 0 aliphatic carbocycles. The van der Waals surface area contributed by atoms with E-state index in [1.165, 1.54) is 0 Å². The minimum absolute atomic E-state index is 0.0837. The number of para-hydroxylation sites is 1. The van der Waals surface area contributed by atoms with E-state index < -0.39 is 0 Å². The van der Waals surface area contributed by atoms with Gasteiger partial charge < -0.3 is 20.2 Å². The van der Waals surface area contributed by atoms with Crippen LogP contribution in [0, 0.1) is 6.92 Å². The zero-order valence-electron chi connectivity index (χ0n) is 12.4. The number of nitrogens with two attached hydrogens (primary N) is 1. The van der Waals surface area contributed by atoms with Crippen LogP contribution in [0.15, 0.2) is 22.6 Å². The fourth-order valence-corrected chi connectivity index (χ4v) is 2.09. The van der Waals surface area contributed by atoms with Crippen LogP contribution in [0.3, 0.4) is 0 Å². The molecule has 0 saturated carbocycles. The second-order valence-electron chi connectivity index (χ2n) is 4.93. The van der Waals surface area contributed by atoms with Crippen molar-refractivity contribution in [3.8, 4) is 0 Å². The number of nitrogens with one attached hydrogen (secondary N) is 1. The molecular weight excluding hydrogens is 270 g/mol. The van der Waals surface area contributed by atoms with Crippen molar-refractivity contribution in [3.63, 3.8) is 0 Å². The summed E-state index contributed by atoms with van der Waals surface area (Å²) in [4.78, 5) is 16.1. The fraction of sp³-hybridized carbons (Fsp3) is 0.467. The van der Waals surface area contributed by atoms with Crippen molar-refractivity contribution in [2.75, 3.05) is 20.2 Å². The van der Waals surface area contributed by atoms with Gasteiger partial charge in [0.25, 0.3) is 0 Å². The quantitative estimate of drug-likeness (QED) is 0.799. The molecule has 1 amide bonds. The summed E-state index contributed by atoms with van der Waals surface area (Å²) < 4.78 is 10.7. The van der Waals surface area contributed by atoms with Gasteiger partial charge in [-0.05, 0) is 18.6 Å². The number of ether oxygens (including phenoxy) is 1. The number of fused-ring (bicyclic) bond motifs is 1. The molecule has 1 aromatic carbocycles. The number of nitrogens with zero attached hydrogens (tertiary/aromatic N) is 1. The maximum Gasteiger partial charge on any atom is 0.222 e. The summed E-state index contributed by atoms with van der Waals surface area (Å²) in [6.45, 7) is 2.80. The highest BCUT2D eigenvalue weighted by Gasteiger charge is 2.12. The van der Waals surface area contributed by atoms with Crippen molar-refractivity contribution in [1.29, 1.82) is 0 Å². The number of rotatable bonds is 7. The molecule has 1 atom stereocenters. The molecule has 21 heavy (non-hydrogen) atoms. The average Bonchev–Trinajstić information content (AvgIpc) is 2.89. The number of carbonyl (C=O) groups is 1. The summed E-state index contributed by atoms with van der Waals surface area (Å²) in [6.07, 6.45) is 0.580. The van der Waals surface area contributed by atoms with E-state index in [-0.39, 0.29) is 18.4 Å². The minimum atomic E-state index is -0.239. The normalized spacial score (nSPS) is 12.5. The van der Waals surface area contributed by atoms with Crippen LogP contribution in [-0.2, 0) is 16.0 Å². The zero-order valence-corrected chi connectivity index (χ0v) is 12.4. The molecule has 3 N–H and O–H groups in total. The number of oxazole rings is 1. The van der Waals surface area contributed by atoms with E-state index >= 15 is 0 Å². The first-order valence-electron chi connectivity index (χ1n) is 6.98. The lowest BCUT2D eigenvalue weighted by molar-refractivity contribution is -0.123. The highest BCUT2D eigenvalue weighted by Crippen LogP contribution is 2.18. The molecule has 0 bridgehead atoms. The molecule has 0 aliphatic rings. The Hall–Kier alpha value is -1.92. The van der Waals surface area contributed by atoms with Gasteiger partial charge in [0.1, 0.15) is 5.52 Å². The largest absolute Gasteiger partial charge is 0.441 e. The SMILES string of the molecule is COC(CN)CC(=O)NCCc1nc2c(C)cccc2o1. The fourth-order valence-electron chi connectivity index (χ4n) is 2.09. The second kappa shape index (κ2) is 7.19. The molecule has 1 unspecified atom stereocenters. The molecule has 0 aliphatic heterocycles. The summed E-state index contributed by atoms with van der Waals surface area (Å²) in [6, 6.07) is 5.82. The summed E-state index contributed by atoms with van der Waals surface area (Å²) >= 11 is 0. The molecule has 0 saturated heterocycles. The number of hydrogen-bond donors (Lipinski definition) is 2. The van der Waals surface area contributed by atoms with Crippen LogP contribution in [-0.4, -0.2) is 37.2 Å². The number of aromatic nitrogens is 1. The third kappa shape index (κ3) is 4.03. The first-order valence-corrected chi connectivity index (χ1v) is 6.98. The van der Waals surface area contributed by atoms with Crippen LogP contribution >= 0.6 is 0 Å². The molecule has 2 aromatic rings. The first kappa shape index (κ1) is 15.5. The van der Waals surface area contributed by atoms with Gasteiger partial charge in [-0.2, -0.15) is 0 Å². The van der Waals surface area contributed by atoms with E-state index in [1.54, 1.807) is 7.11 Å². The average molecular weight is 291 g/mol. The standard InChI is InChI=1S/C15H21N3O3/c1-10-4-3-5-12-15(10)18-14(21-12)6-7-17-13(19)8-11(9-16)20-2/h3-5,11H,6-9,16H2,1-2H3,(H,17,19). The maximum absolute atomic E-state index is 11.7. The lowest BCUT2D eigenvalue weighted by Gasteiger charge is -2.12. The van der Waals surface area contributed by atoms with Crippen LogP contribution in [0.25, 0.3) is 11.1 Å².